The molecule has 1 aromatic heterocycles. The topological polar surface area (TPSA) is 51.1 Å². The molecule has 0 amide bonds. The summed E-state index contributed by atoms with van der Waals surface area (Å²) in [7, 11) is 0. The van der Waals surface area contributed by atoms with Crippen LogP contribution in [0.25, 0.3) is 0 Å². The Hall–Kier alpha value is -1.10. The van der Waals surface area contributed by atoms with Crippen LogP contribution in [0.1, 0.15) is 40.0 Å². The second-order valence-corrected chi connectivity index (χ2v) is 5.12. The first-order valence-electron chi connectivity index (χ1n) is 6.45. The maximum Gasteiger partial charge on any atom is 0.322 e. The molecule has 0 radical (unpaired) electrons. The van der Waals surface area contributed by atoms with Gasteiger partial charge in [-0.2, -0.15) is 15.0 Å². The van der Waals surface area contributed by atoms with Gasteiger partial charge in [-0.05, 0) is 44.7 Å². The summed E-state index contributed by atoms with van der Waals surface area (Å²) < 4.78 is 5.49. The van der Waals surface area contributed by atoms with Crippen molar-refractivity contribution in [2.24, 2.45) is 0 Å². The lowest BCUT2D eigenvalue weighted by Crippen LogP contribution is -2.29. The molecule has 1 heterocycles. The van der Waals surface area contributed by atoms with E-state index >= 15 is 0 Å². The second kappa shape index (κ2) is 5.69. The first-order valence-corrected chi connectivity index (χ1v) is 6.82. The van der Waals surface area contributed by atoms with Crippen molar-refractivity contribution in [3.63, 3.8) is 0 Å². The van der Waals surface area contributed by atoms with Gasteiger partial charge in [-0.1, -0.05) is 6.92 Å². The van der Waals surface area contributed by atoms with Crippen LogP contribution < -0.4 is 9.64 Å². The van der Waals surface area contributed by atoms with Crippen LogP contribution in [-0.4, -0.2) is 33.6 Å². The van der Waals surface area contributed by atoms with E-state index in [1.165, 1.54) is 12.8 Å². The van der Waals surface area contributed by atoms with Crippen molar-refractivity contribution in [3.05, 3.63) is 5.28 Å². The van der Waals surface area contributed by atoms with Crippen molar-refractivity contribution in [1.82, 2.24) is 15.0 Å². The van der Waals surface area contributed by atoms with Crippen LogP contribution in [0.2, 0.25) is 5.28 Å². The van der Waals surface area contributed by atoms with Gasteiger partial charge in [0.25, 0.3) is 0 Å². The maximum absolute atomic E-state index is 5.93. The van der Waals surface area contributed by atoms with Crippen molar-refractivity contribution in [1.29, 1.82) is 0 Å². The fourth-order valence-electron chi connectivity index (χ4n) is 1.79. The van der Waals surface area contributed by atoms with Crippen LogP contribution >= 0.6 is 11.6 Å². The summed E-state index contributed by atoms with van der Waals surface area (Å²) in [5.74, 6) is 0.634. The van der Waals surface area contributed by atoms with Gasteiger partial charge in [0.05, 0.1) is 6.10 Å². The fourth-order valence-corrected chi connectivity index (χ4v) is 1.93. The van der Waals surface area contributed by atoms with E-state index in [1.807, 2.05) is 13.8 Å². The van der Waals surface area contributed by atoms with Crippen LogP contribution in [0, 0.1) is 0 Å². The molecule has 1 fully saturated rings. The number of hydrogen-bond donors (Lipinski definition) is 0. The Kier molecular flexibility index (Phi) is 4.22. The molecule has 0 N–H and O–H groups in total. The van der Waals surface area contributed by atoms with Gasteiger partial charge in [0.1, 0.15) is 0 Å². The van der Waals surface area contributed by atoms with Gasteiger partial charge in [0.2, 0.25) is 11.2 Å². The molecular weight excluding hydrogens is 252 g/mol. The molecule has 0 saturated heterocycles. The third-order valence-corrected chi connectivity index (χ3v) is 2.79. The average Bonchev–Trinajstić information content (AvgIpc) is 3.07. The standard InChI is InChI=1S/C12H19ClN4O/c1-4-7-17(9-5-6-9)11-14-10(13)15-12(16-11)18-8(2)3/h8-9H,4-7H2,1-3H3. The first kappa shape index (κ1) is 13.3. The molecule has 0 atom stereocenters. The van der Waals surface area contributed by atoms with Crippen LogP contribution in [0.4, 0.5) is 5.95 Å². The van der Waals surface area contributed by atoms with Crippen LogP contribution in [0.15, 0.2) is 0 Å². The highest BCUT2D eigenvalue weighted by atomic mass is 35.5. The lowest BCUT2D eigenvalue weighted by Gasteiger charge is -2.21. The SMILES string of the molecule is CCCN(c1nc(Cl)nc(OC(C)C)n1)C1CC1. The van der Waals surface area contributed by atoms with Crippen molar-refractivity contribution < 1.29 is 4.74 Å². The zero-order valence-electron chi connectivity index (χ0n) is 11.1. The predicted octanol–water partition coefficient (Wildman–Crippen LogP) is 2.69. The van der Waals surface area contributed by atoms with Gasteiger partial charge >= 0.3 is 6.01 Å². The molecule has 1 aliphatic rings. The van der Waals surface area contributed by atoms with E-state index in [0.29, 0.717) is 18.0 Å². The second-order valence-electron chi connectivity index (χ2n) is 4.78. The first-order chi connectivity index (χ1) is 8.60. The number of aromatic nitrogens is 3. The van der Waals surface area contributed by atoms with E-state index in [4.69, 9.17) is 16.3 Å². The molecule has 2 rings (SSSR count). The van der Waals surface area contributed by atoms with E-state index in [1.54, 1.807) is 0 Å². The van der Waals surface area contributed by atoms with Gasteiger partial charge in [0.15, 0.2) is 0 Å². The molecule has 5 nitrogen and oxygen atoms in total. The molecule has 18 heavy (non-hydrogen) atoms. The number of anilines is 1. The van der Waals surface area contributed by atoms with Gasteiger partial charge in [-0.25, -0.2) is 0 Å². The summed E-state index contributed by atoms with van der Waals surface area (Å²) in [6.07, 6.45) is 3.48. The lowest BCUT2D eigenvalue weighted by atomic mass is 10.4. The molecule has 0 bridgehead atoms. The van der Waals surface area contributed by atoms with Crippen molar-refractivity contribution in [2.45, 2.75) is 52.2 Å². The van der Waals surface area contributed by atoms with Gasteiger partial charge < -0.3 is 9.64 Å². The summed E-state index contributed by atoms with van der Waals surface area (Å²) >= 11 is 5.93. The quantitative estimate of drug-likeness (QED) is 0.795. The highest BCUT2D eigenvalue weighted by Gasteiger charge is 2.31. The predicted molar refractivity (Wildman–Crippen MR) is 71.3 cm³/mol. The molecule has 6 heteroatoms. The highest BCUT2D eigenvalue weighted by molar-refractivity contribution is 6.28. The molecule has 100 valence electrons. The van der Waals surface area contributed by atoms with E-state index in [2.05, 4.69) is 26.8 Å². The Morgan fingerprint density at radius 3 is 2.61 bits per heavy atom. The van der Waals surface area contributed by atoms with Crippen molar-refractivity contribution in [3.8, 4) is 6.01 Å². The summed E-state index contributed by atoms with van der Waals surface area (Å²) in [5, 5.41) is 0.192. The third-order valence-electron chi connectivity index (χ3n) is 2.63. The van der Waals surface area contributed by atoms with Crippen LogP contribution in [0.3, 0.4) is 0 Å². The minimum atomic E-state index is 0.0249. The third kappa shape index (κ3) is 3.45. The van der Waals surface area contributed by atoms with Crippen molar-refractivity contribution in [2.75, 3.05) is 11.4 Å². The average molecular weight is 271 g/mol. The normalized spacial score (nSPS) is 14.9. The molecule has 0 aliphatic heterocycles. The Morgan fingerprint density at radius 1 is 1.33 bits per heavy atom. The van der Waals surface area contributed by atoms with E-state index in [9.17, 15) is 0 Å². The zero-order valence-corrected chi connectivity index (χ0v) is 11.8. The molecular formula is C12H19ClN4O. The monoisotopic (exact) mass is 270 g/mol. The fraction of sp³-hybridized carbons (Fsp3) is 0.750. The van der Waals surface area contributed by atoms with Crippen LogP contribution in [0.5, 0.6) is 6.01 Å². The minimum absolute atomic E-state index is 0.0249. The Labute approximate surface area is 113 Å². The molecule has 0 aromatic carbocycles. The number of nitrogens with zero attached hydrogens (tertiary/aromatic N) is 4. The van der Waals surface area contributed by atoms with E-state index in [0.717, 1.165) is 13.0 Å². The van der Waals surface area contributed by atoms with E-state index < -0.39 is 0 Å². The van der Waals surface area contributed by atoms with Crippen molar-refractivity contribution >= 4 is 17.5 Å². The summed E-state index contributed by atoms with van der Waals surface area (Å²) in [6.45, 7) is 6.94. The van der Waals surface area contributed by atoms with Crippen LogP contribution in [-0.2, 0) is 0 Å². The number of ether oxygens (including phenoxy) is 1. The molecule has 1 saturated carbocycles. The molecule has 0 unspecified atom stereocenters. The highest BCUT2D eigenvalue weighted by Crippen LogP contribution is 2.30. The van der Waals surface area contributed by atoms with E-state index in [-0.39, 0.29) is 11.4 Å². The van der Waals surface area contributed by atoms with Gasteiger partial charge in [0, 0.05) is 12.6 Å². The minimum Gasteiger partial charge on any atom is -0.461 e. The Balaban J connectivity index is 2.22. The Morgan fingerprint density at radius 2 is 2.06 bits per heavy atom. The lowest BCUT2D eigenvalue weighted by molar-refractivity contribution is 0.221. The number of hydrogen-bond acceptors (Lipinski definition) is 5. The summed E-state index contributed by atoms with van der Waals surface area (Å²) in [6, 6.07) is 0.858. The molecule has 0 spiro atoms. The maximum atomic E-state index is 5.93. The number of rotatable bonds is 6. The zero-order chi connectivity index (χ0) is 13.1. The Bertz CT molecular complexity index is 409. The number of halogens is 1. The smallest absolute Gasteiger partial charge is 0.322 e. The van der Waals surface area contributed by atoms with Gasteiger partial charge in [-0.3, -0.25) is 0 Å². The summed E-state index contributed by atoms with van der Waals surface area (Å²) in [4.78, 5) is 14.7. The summed E-state index contributed by atoms with van der Waals surface area (Å²) in [5.41, 5.74) is 0. The largest absolute Gasteiger partial charge is 0.461 e. The molecule has 1 aliphatic carbocycles. The molecule has 1 aromatic rings. The van der Waals surface area contributed by atoms with Gasteiger partial charge in [-0.15, -0.1) is 0 Å².